The standard InChI is InChI=1S/C18H11N3O3/c22-21(23)14-6-3-5-13-12(14)8-9-20-15-10-11-4-1-2-7-16(11)24-18(15)19-17(13)20/h1-9H,10H2. The van der Waals surface area contributed by atoms with Gasteiger partial charge in [-0.2, -0.15) is 4.98 Å². The molecule has 4 aromatic rings. The number of aromatic nitrogens is 2. The summed E-state index contributed by atoms with van der Waals surface area (Å²) in [6, 6.07) is 14.7. The molecule has 1 aliphatic heterocycles. The molecule has 3 heterocycles. The molecular formula is C18H11N3O3. The van der Waals surface area contributed by atoms with Crippen LogP contribution >= 0.6 is 0 Å². The van der Waals surface area contributed by atoms with Gasteiger partial charge >= 0.3 is 0 Å². The van der Waals surface area contributed by atoms with Gasteiger partial charge in [-0.05, 0) is 12.1 Å². The summed E-state index contributed by atoms with van der Waals surface area (Å²) in [5.74, 6) is 1.37. The van der Waals surface area contributed by atoms with Crippen molar-refractivity contribution in [2.24, 2.45) is 0 Å². The Hall–Kier alpha value is -3.41. The summed E-state index contributed by atoms with van der Waals surface area (Å²) in [6.07, 6.45) is 2.54. The second kappa shape index (κ2) is 4.55. The van der Waals surface area contributed by atoms with E-state index in [-0.39, 0.29) is 10.6 Å². The molecule has 116 valence electrons. The first-order valence-corrected chi connectivity index (χ1v) is 7.55. The Balaban J connectivity index is 1.81. The van der Waals surface area contributed by atoms with E-state index in [4.69, 9.17) is 4.74 Å². The lowest BCUT2D eigenvalue weighted by molar-refractivity contribution is -0.383. The molecular weight excluding hydrogens is 306 g/mol. The van der Waals surface area contributed by atoms with E-state index >= 15 is 0 Å². The minimum atomic E-state index is -0.367. The molecule has 0 spiro atoms. The van der Waals surface area contributed by atoms with Crippen molar-refractivity contribution < 1.29 is 9.66 Å². The molecule has 5 rings (SSSR count). The van der Waals surface area contributed by atoms with Gasteiger partial charge in [0.15, 0.2) is 0 Å². The average Bonchev–Trinajstić information content (AvgIpc) is 2.97. The molecule has 0 bridgehead atoms. The number of rotatable bonds is 1. The second-order valence-corrected chi connectivity index (χ2v) is 5.76. The smallest absolute Gasteiger partial charge is 0.277 e. The van der Waals surface area contributed by atoms with Crippen molar-refractivity contribution in [2.75, 3.05) is 0 Å². The molecule has 24 heavy (non-hydrogen) atoms. The quantitative estimate of drug-likeness (QED) is 0.345. The van der Waals surface area contributed by atoms with Gasteiger partial charge in [-0.1, -0.05) is 30.3 Å². The van der Waals surface area contributed by atoms with E-state index in [9.17, 15) is 10.1 Å². The van der Waals surface area contributed by atoms with Gasteiger partial charge in [-0.3, -0.25) is 14.5 Å². The number of nitro groups is 1. The van der Waals surface area contributed by atoms with Gasteiger partial charge in [0.25, 0.3) is 5.69 Å². The van der Waals surface area contributed by atoms with Gasteiger partial charge < -0.3 is 4.74 Å². The molecule has 0 fully saturated rings. The van der Waals surface area contributed by atoms with E-state index < -0.39 is 0 Å². The number of nitro benzene ring substituents is 1. The summed E-state index contributed by atoms with van der Waals surface area (Å²) < 4.78 is 7.88. The molecule has 0 unspecified atom stereocenters. The highest BCUT2D eigenvalue weighted by Crippen LogP contribution is 2.38. The third-order valence-electron chi connectivity index (χ3n) is 4.42. The Morgan fingerprint density at radius 2 is 1.96 bits per heavy atom. The summed E-state index contributed by atoms with van der Waals surface area (Å²) in [6.45, 7) is 0. The third kappa shape index (κ3) is 1.68. The lowest BCUT2D eigenvalue weighted by Gasteiger charge is -2.16. The van der Waals surface area contributed by atoms with E-state index in [1.54, 1.807) is 12.1 Å². The molecule has 0 N–H and O–H groups in total. The number of benzene rings is 2. The monoisotopic (exact) mass is 317 g/mol. The van der Waals surface area contributed by atoms with E-state index in [1.807, 2.05) is 40.9 Å². The Morgan fingerprint density at radius 1 is 1.08 bits per heavy atom. The van der Waals surface area contributed by atoms with Crippen LogP contribution in [-0.2, 0) is 6.42 Å². The fourth-order valence-electron chi connectivity index (χ4n) is 3.30. The first-order chi connectivity index (χ1) is 11.7. The van der Waals surface area contributed by atoms with Crippen LogP contribution in [0.3, 0.4) is 0 Å². The molecule has 2 aromatic heterocycles. The average molecular weight is 317 g/mol. The van der Waals surface area contributed by atoms with Crippen LogP contribution in [0.25, 0.3) is 16.4 Å². The Bertz CT molecular complexity index is 1150. The van der Waals surface area contributed by atoms with Crippen molar-refractivity contribution in [2.45, 2.75) is 6.42 Å². The van der Waals surface area contributed by atoms with Crippen LogP contribution in [0.4, 0.5) is 5.69 Å². The zero-order valence-electron chi connectivity index (χ0n) is 12.5. The van der Waals surface area contributed by atoms with Gasteiger partial charge in [-0.15, -0.1) is 0 Å². The minimum Gasteiger partial charge on any atom is -0.437 e. The van der Waals surface area contributed by atoms with Crippen LogP contribution in [-0.4, -0.2) is 14.3 Å². The zero-order valence-corrected chi connectivity index (χ0v) is 12.5. The van der Waals surface area contributed by atoms with Crippen molar-refractivity contribution in [1.29, 1.82) is 0 Å². The molecule has 0 atom stereocenters. The van der Waals surface area contributed by atoms with Gasteiger partial charge in [0.05, 0.1) is 16.0 Å². The summed E-state index contributed by atoms with van der Waals surface area (Å²) in [4.78, 5) is 15.5. The number of non-ortho nitro benzene ring substituents is 1. The SMILES string of the molecule is O=[N+]([O-])c1cccc2c1ccn1c3c(nc21)Oc1ccccc1C3. The summed E-state index contributed by atoms with van der Waals surface area (Å²) in [5.41, 5.74) is 2.82. The van der Waals surface area contributed by atoms with E-state index in [1.165, 1.54) is 6.07 Å². The lowest BCUT2D eigenvalue weighted by atomic mass is 10.1. The summed E-state index contributed by atoms with van der Waals surface area (Å²) in [7, 11) is 0. The van der Waals surface area contributed by atoms with Crippen molar-refractivity contribution >= 4 is 22.1 Å². The molecule has 0 saturated heterocycles. The van der Waals surface area contributed by atoms with Crippen LogP contribution in [0.15, 0.2) is 54.7 Å². The van der Waals surface area contributed by atoms with Gasteiger partial charge in [-0.25, -0.2) is 0 Å². The zero-order chi connectivity index (χ0) is 16.3. The second-order valence-electron chi connectivity index (χ2n) is 5.76. The van der Waals surface area contributed by atoms with Crippen LogP contribution in [0, 0.1) is 10.1 Å². The molecule has 2 aromatic carbocycles. The fourth-order valence-corrected chi connectivity index (χ4v) is 3.30. The maximum atomic E-state index is 11.2. The number of hydrogen-bond donors (Lipinski definition) is 0. The molecule has 1 aliphatic rings. The maximum Gasteiger partial charge on any atom is 0.277 e. The minimum absolute atomic E-state index is 0.0835. The van der Waals surface area contributed by atoms with Gasteiger partial charge in [0, 0.05) is 29.6 Å². The first kappa shape index (κ1) is 13.1. The van der Waals surface area contributed by atoms with Crippen molar-refractivity contribution in [3.8, 4) is 11.6 Å². The molecule has 0 radical (unpaired) electrons. The Labute approximate surface area is 136 Å². The maximum absolute atomic E-state index is 11.2. The number of nitrogens with zero attached hydrogens (tertiary/aromatic N) is 3. The van der Waals surface area contributed by atoms with Crippen molar-refractivity contribution in [3.63, 3.8) is 0 Å². The van der Waals surface area contributed by atoms with E-state index in [2.05, 4.69) is 4.98 Å². The van der Waals surface area contributed by atoms with Gasteiger partial charge in [0.1, 0.15) is 11.4 Å². The molecule has 0 amide bonds. The molecule has 6 nitrogen and oxygen atoms in total. The highest BCUT2D eigenvalue weighted by molar-refractivity contribution is 5.99. The van der Waals surface area contributed by atoms with Crippen LogP contribution in [0.2, 0.25) is 0 Å². The van der Waals surface area contributed by atoms with Crippen LogP contribution in [0.1, 0.15) is 11.3 Å². The molecule has 0 saturated carbocycles. The number of para-hydroxylation sites is 1. The third-order valence-corrected chi connectivity index (χ3v) is 4.42. The van der Waals surface area contributed by atoms with Crippen molar-refractivity contribution in [3.05, 3.63) is 76.1 Å². The number of imidazole rings is 1. The Kier molecular flexibility index (Phi) is 2.48. The first-order valence-electron chi connectivity index (χ1n) is 7.55. The molecule has 6 heteroatoms. The van der Waals surface area contributed by atoms with Gasteiger partial charge in [0.2, 0.25) is 5.88 Å². The summed E-state index contributed by atoms with van der Waals surface area (Å²) >= 11 is 0. The highest BCUT2D eigenvalue weighted by atomic mass is 16.6. The van der Waals surface area contributed by atoms with Crippen LogP contribution < -0.4 is 4.74 Å². The highest BCUT2D eigenvalue weighted by Gasteiger charge is 2.24. The predicted molar refractivity (Wildman–Crippen MR) is 88.7 cm³/mol. The van der Waals surface area contributed by atoms with Crippen LogP contribution in [0.5, 0.6) is 11.6 Å². The molecule has 0 aliphatic carbocycles. The van der Waals surface area contributed by atoms with Crippen molar-refractivity contribution in [1.82, 2.24) is 9.38 Å². The largest absolute Gasteiger partial charge is 0.437 e. The summed E-state index contributed by atoms with van der Waals surface area (Å²) in [5, 5.41) is 12.6. The van der Waals surface area contributed by atoms with E-state index in [0.717, 1.165) is 22.4 Å². The predicted octanol–water partition coefficient (Wildman–Crippen LogP) is 4.09. The normalized spacial score (nSPS) is 12.7. The topological polar surface area (TPSA) is 69.7 Å². The van der Waals surface area contributed by atoms with E-state index in [0.29, 0.717) is 23.3 Å². The number of fused-ring (bicyclic) bond motifs is 6. The Morgan fingerprint density at radius 3 is 2.83 bits per heavy atom. The fraction of sp³-hybridized carbons (Fsp3) is 0.0556. The number of pyridine rings is 1. The number of hydrogen-bond acceptors (Lipinski definition) is 4. The lowest BCUT2D eigenvalue weighted by Crippen LogP contribution is -2.04. The number of ether oxygens (including phenoxy) is 1.